The van der Waals surface area contributed by atoms with E-state index in [0.29, 0.717) is 26.2 Å². The van der Waals surface area contributed by atoms with Crippen molar-refractivity contribution in [1.29, 1.82) is 0 Å². The Bertz CT molecular complexity index is 1270. The van der Waals surface area contributed by atoms with Crippen molar-refractivity contribution in [1.82, 2.24) is 14.6 Å². The highest BCUT2D eigenvalue weighted by atomic mass is 16.5. The fraction of sp³-hybridized carbons (Fsp3) is 0.240. The van der Waals surface area contributed by atoms with Gasteiger partial charge in [0.25, 0.3) is 5.91 Å². The molecule has 2 aliphatic heterocycles. The molecule has 4 heterocycles. The minimum atomic E-state index is -0.317. The van der Waals surface area contributed by atoms with Crippen LogP contribution in [0.3, 0.4) is 0 Å². The molecule has 0 fully saturated rings. The average Bonchev–Trinajstić information content (AvgIpc) is 2.85. The van der Waals surface area contributed by atoms with Crippen molar-refractivity contribution >= 4 is 5.91 Å². The Morgan fingerprint density at radius 2 is 1.91 bits per heavy atom. The van der Waals surface area contributed by atoms with Crippen LogP contribution < -0.4 is 15.2 Å². The average molecular weight is 426 g/mol. The number of amides is 1. The summed E-state index contributed by atoms with van der Waals surface area (Å²) >= 11 is 0. The molecule has 0 N–H and O–H groups in total. The van der Waals surface area contributed by atoms with Crippen LogP contribution in [0.5, 0.6) is 5.75 Å². The topological polar surface area (TPSA) is 67.7 Å². The second-order valence-electron chi connectivity index (χ2n) is 7.78. The van der Waals surface area contributed by atoms with Gasteiger partial charge in [0.05, 0.1) is 13.1 Å². The number of nitrogens with zero attached hydrogens (tertiary/aromatic N) is 4. The summed E-state index contributed by atoms with van der Waals surface area (Å²) in [6.45, 7) is 1.43. The van der Waals surface area contributed by atoms with Gasteiger partial charge < -0.3 is 9.64 Å². The molecule has 2 aromatic heterocycles. The van der Waals surface area contributed by atoms with Gasteiger partial charge in [-0.2, -0.15) is 0 Å². The molecule has 0 radical (unpaired) electrons. The highest BCUT2D eigenvalue weighted by Gasteiger charge is 2.33. The third kappa shape index (κ3) is 3.83. The first-order valence-corrected chi connectivity index (χ1v) is 10.5. The van der Waals surface area contributed by atoms with E-state index in [1.54, 1.807) is 22.0 Å². The molecule has 7 heteroatoms. The molecule has 2 aliphatic rings. The molecule has 2 bridgehead atoms. The van der Waals surface area contributed by atoms with Crippen LogP contribution in [0, 0.1) is 11.8 Å². The third-order valence-electron chi connectivity index (χ3n) is 5.66. The number of aryl methyl sites for hydroxylation is 1. The molecule has 0 spiro atoms. The Balaban J connectivity index is 1.57. The van der Waals surface area contributed by atoms with Crippen LogP contribution in [0.15, 0.2) is 65.8 Å². The maximum atomic E-state index is 13.4. The Hall–Kier alpha value is -4.05. The summed E-state index contributed by atoms with van der Waals surface area (Å²) in [6, 6.07) is 13.0. The molecule has 32 heavy (non-hydrogen) atoms. The maximum Gasteiger partial charge on any atom is 0.278 e. The lowest BCUT2D eigenvalue weighted by atomic mass is 10.1. The number of fused-ring (bicyclic) bond motifs is 5. The van der Waals surface area contributed by atoms with Gasteiger partial charge in [0, 0.05) is 31.1 Å². The van der Waals surface area contributed by atoms with Crippen LogP contribution in [0.1, 0.15) is 33.6 Å². The van der Waals surface area contributed by atoms with Crippen LogP contribution in [0.2, 0.25) is 0 Å². The zero-order chi connectivity index (χ0) is 21.9. The molecule has 0 atom stereocenters. The summed E-state index contributed by atoms with van der Waals surface area (Å²) in [5.74, 6) is 6.06. The van der Waals surface area contributed by atoms with Crippen molar-refractivity contribution in [3.63, 3.8) is 0 Å². The molecule has 1 aromatic carbocycles. The van der Waals surface area contributed by atoms with Crippen LogP contribution in [0.4, 0.5) is 0 Å². The number of carbonyl (C=O) groups excluding carboxylic acids is 1. The first-order valence-electron chi connectivity index (χ1n) is 10.5. The van der Waals surface area contributed by atoms with Crippen molar-refractivity contribution < 1.29 is 9.53 Å². The van der Waals surface area contributed by atoms with Gasteiger partial charge in [-0.3, -0.25) is 24.3 Å². The zero-order valence-corrected chi connectivity index (χ0v) is 17.5. The highest BCUT2D eigenvalue weighted by molar-refractivity contribution is 5.96. The van der Waals surface area contributed by atoms with Crippen LogP contribution in [-0.4, -0.2) is 33.7 Å². The van der Waals surface area contributed by atoms with Crippen molar-refractivity contribution in [3.05, 3.63) is 93.7 Å². The highest BCUT2D eigenvalue weighted by Crippen LogP contribution is 2.24. The maximum absolute atomic E-state index is 13.4. The summed E-state index contributed by atoms with van der Waals surface area (Å²) in [6.07, 6.45) is 6.81. The lowest BCUT2D eigenvalue weighted by molar-refractivity contribution is 0.0707. The molecule has 7 nitrogen and oxygen atoms in total. The standard InChI is InChI=1S/C25H22N4O3/c30-22-11-14-29-23(24(22)32-17-19-7-3-1-4-8-19)25(31)27-13-6-2-5-9-20-15-26-12-10-21(20)16-28(29)18-27/h1,3-4,7-8,10-12,14-15H,5,9,13,16-18H2. The van der Waals surface area contributed by atoms with Crippen LogP contribution in [0.25, 0.3) is 0 Å². The Labute approximate surface area is 185 Å². The van der Waals surface area contributed by atoms with Gasteiger partial charge in [0.1, 0.15) is 13.3 Å². The summed E-state index contributed by atoms with van der Waals surface area (Å²) in [4.78, 5) is 32.1. The van der Waals surface area contributed by atoms with Gasteiger partial charge in [0.15, 0.2) is 11.4 Å². The second kappa shape index (κ2) is 8.60. The predicted molar refractivity (Wildman–Crippen MR) is 120 cm³/mol. The molecule has 1 amide bonds. The molecule has 0 aliphatic carbocycles. The molecule has 0 saturated heterocycles. The number of pyridine rings is 2. The number of rotatable bonds is 3. The molecule has 3 aromatic rings. The number of aromatic nitrogens is 2. The molecule has 0 saturated carbocycles. The van der Waals surface area contributed by atoms with Gasteiger partial charge in [-0.1, -0.05) is 36.3 Å². The fourth-order valence-corrected chi connectivity index (χ4v) is 4.01. The minimum Gasteiger partial charge on any atom is -0.482 e. The lowest BCUT2D eigenvalue weighted by Gasteiger charge is -2.39. The Kier molecular flexibility index (Phi) is 5.34. The van der Waals surface area contributed by atoms with Gasteiger partial charge in [-0.15, -0.1) is 5.92 Å². The van der Waals surface area contributed by atoms with E-state index in [9.17, 15) is 9.59 Å². The molecule has 0 unspecified atom stereocenters. The lowest BCUT2D eigenvalue weighted by Crippen LogP contribution is -2.54. The summed E-state index contributed by atoms with van der Waals surface area (Å²) in [7, 11) is 0. The van der Waals surface area contributed by atoms with Crippen LogP contribution >= 0.6 is 0 Å². The third-order valence-corrected chi connectivity index (χ3v) is 5.66. The van der Waals surface area contributed by atoms with Crippen molar-refractivity contribution in [3.8, 4) is 17.6 Å². The molecular formula is C25H22N4O3. The van der Waals surface area contributed by atoms with Crippen molar-refractivity contribution in [2.45, 2.75) is 26.0 Å². The summed E-state index contributed by atoms with van der Waals surface area (Å²) in [5.41, 5.74) is 3.09. The number of benzene rings is 1. The first kappa shape index (κ1) is 19.9. The SMILES string of the molecule is O=C1c2c(OCc3ccccc3)c(=O)ccn2N2Cc3ccncc3CCC#CCN1C2. The summed E-state index contributed by atoms with van der Waals surface area (Å²) in [5, 5.41) is 2.03. The van der Waals surface area contributed by atoms with Crippen molar-refractivity contribution in [2.75, 3.05) is 18.2 Å². The predicted octanol–water partition coefficient (Wildman–Crippen LogP) is 2.32. The quantitative estimate of drug-likeness (QED) is 0.602. The van der Waals surface area contributed by atoms with Crippen LogP contribution in [-0.2, 0) is 19.6 Å². The van der Waals surface area contributed by atoms with E-state index in [4.69, 9.17) is 4.74 Å². The van der Waals surface area contributed by atoms with E-state index < -0.39 is 0 Å². The number of hydrogen-bond acceptors (Lipinski definition) is 5. The normalized spacial score (nSPS) is 15.1. The first-order chi connectivity index (χ1) is 15.7. The number of ether oxygens (including phenoxy) is 1. The van der Waals surface area contributed by atoms with E-state index in [1.165, 1.54) is 6.07 Å². The second-order valence-corrected chi connectivity index (χ2v) is 7.78. The minimum absolute atomic E-state index is 0.0637. The van der Waals surface area contributed by atoms with E-state index >= 15 is 0 Å². The van der Waals surface area contributed by atoms with E-state index in [2.05, 4.69) is 16.8 Å². The summed E-state index contributed by atoms with van der Waals surface area (Å²) < 4.78 is 7.67. The Morgan fingerprint density at radius 3 is 2.78 bits per heavy atom. The zero-order valence-electron chi connectivity index (χ0n) is 17.5. The van der Waals surface area contributed by atoms with Gasteiger partial charge in [-0.05, 0) is 29.2 Å². The van der Waals surface area contributed by atoms with Gasteiger partial charge in [-0.25, -0.2) is 0 Å². The van der Waals surface area contributed by atoms with E-state index in [1.807, 2.05) is 47.6 Å². The molecular weight excluding hydrogens is 404 g/mol. The Morgan fingerprint density at radius 1 is 1.03 bits per heavy atom. The smallest absolute Gasteiger partial charge is 0.278 e. The molecule has 5 rings (SSSR count). The van der Waals surface area contributed by atoms with E-state index in [-0.39, 0.29) is 29.4 Å². The van der Waals surface area contributed by atoms with Crippen molar-refractivity contribution in [2.24, 2.45) is 0 Å². The fourth-order valence-electron chi connectivity index (χ4n) is 4.01. The van der Waals surface area contributed by atoms with Gasteiger partial charge in [0.2, 0.25) is 5.43 Å². The number of carbonyl (C=O) groups is 1. The van der Waals surface area contributed by atoms with Gasteiger partial charge >= 0.3 is 0 Å². The largest absolute Gasteiger partial charge is 0.482 e. The monoisotopic (exact) mass is 426 g/mol. The van der Waals surface area contributed by atoms with E-state index in [0.717, 1.165) is 23.1 Å². The number of hydrogen-bond donors (Lipinski definition) is 0. The molecule has 160 valence electrons.